The summed E-state index contributed by atoms with van der Waals surface area (Å²) < 4.78 is 0. The summed E-state index contributed by atoms with van der Waals surface area (Å²) in [5, 5.41) is 7.78. The van der Waals surface area contributed by atoms with Crippen molar-refractivity contribution in [3.8, 4) is 0 Å². The van der Waals surface area contributed by atoms with Crippen LogP contribution in [0.15, 0.2) is 30.5 Å². The Kier molecular flexibility index (Phi) is 4.58. The monoisotopic (exact) mass is 258 g/mol. The van der Waals surface area contributed by atoms with Gasteiger partial charge in [0.1, 0.15) is 0 Å². The molecule has 0 spiro atoms. The molecule has 0 amide bonds. The number of hydrogen-bond acceptors (Lipinski definition) is 4. The van der Waals surface area contributed by atoms with Crippen LogP contribution in [-0.4, -0.2) is 24.6 Å². The summed E-state index contributed by atoms with van der Waals surface area (Å²) in [5.74, 6) is 0. The van der Waals surface area contributed by atoms with Crippen molar-refractivity contribution >= 4 is 22.3 Å². The maximum atomic E-state index is 5.76. The Morgan fingerprint density at radius 2 is 2.21 bits per heavy atom. The van der Waals surface area contributed by atoms with Crippen molar-refractivity contribution in [2.75, 3.05) is 24.2 Å². The molecule has 0 aliphatic heterocycles. The van der Waals surface area contributed by atoms with Crippen molar-refractivity contribution in [2.24, 2.45) is 5.73 Å². The molecule has 1 aromatic heterocycles. The number of fused-ring (bicyclic) bond motifs is 1. The van der Waals surface area contributed by atoms with Gasteiger partial charge in [-0.3, -0.25) is 4.98 Å². The normalized spacial score (nSPS) is 12.4. The van der Waals surface area contributed by atoms with E-state index in [1.165, 1.54) is 0 Å². The first-order valence-corrected chi connectivity index (χ1v) is 6.76. The molecule has 0 saturated heterocycles. The predicted octanol–water partition coefficient (Wildman–Crippen LogP) is 2.82. The smallest absolute Gasteiger partial charge is 0.0934 e. The van der Waals surface area contributed by atoms with Gasteiger partial charge in [-0.25, -0.2) is 0 Å². The molecule has 4 N–H and O–H groups in total. The summed E-state index contributed by atoms with van der Waals surface area (Å²) in [5.41, 5.74) is 8.94. The van der Waals surface area contributed by atoms with Gasteiger partial charge in [0.05, 0.1) is 11.2 Å². The standard InChI is InChI=1S/C15H22N4/c1-11(16)5-3-7-18-14-10-13(17-2)9-12-6-4-8-19-15(12)14/h4,6,8-11,17-18H,3,5,7,16H2,1-2H3. The number of hydrogen-bond donors (Lipinski definition) is 3. The van der Waals surface area contributed by atoms with E-state index in [0.717, 1.165) is 41.7 Å². The Bertz CT molecular complexity index is 537. The molecule has 1 unspecified atom stereocenters. The van der Waals surface area contributed by atoms with Gasteiger partial charge < -0.3 is 16.4 Å². The predicted molar refractivity (Wildman–Crippen MR) is 82.7 cm³/mol. The molecule has 19 heavy (non-hydrogen) atoms. The molecule has 2 rings (SSSR count). The number of rotatable bonds is 6. The fourth-order valence-electron chi connectivity index (χ4n) is 2.12. The number of aromatic nitrogens is 1. The van der Waals surface area contributed by atoms with Crippen LogP contribution in [0.3, 0.4) is 0 Å². The zero-order valence-electron chi connectivity index (χ0n) is 11.6. The molecule has 0 radical (unpaired) electrons. The van der Waals surface area contributed by atoms with Crippen molar-refractivity contribution in [1.29, 1.82) is 0 Å². The van der Waals surface area contributed by atoms with Gasteiger partial charge in [-0.15, -0.1) is 0 Å². The van der Waals surface area contributed by atoms with Crippen molar-refractivity contribution < 1.29 is 0 Å². The minimum Gasteiger partial charge on any atom is -0.388 e. The van der Waals surface area contributed by atoms with E-state index in [4.69, 9.17) is 5.73 Å². The average molecular weight is 258 g/mol. The zero-order chi connectivity index (χ0) is 13.7. The van der Waals surface area contributed by atoms with Crippen LogP contribution in [0.2, 0.25) is 0 Å². The molecule has 0 fully saturated rings. The lowest BCUT2D eigenvalue weighted by Crippen LogP contribution is -2.16. The number of pyridine rings is 1. The number of anilines is 2. The Morgan fingerprint density at radius 1 is 1.37 bits per heavy atom. The van der Waals surface area contributed by atoms with Crippen LogP contribution in [0.1, 0.15) is 19.8 Å². The largest absolute Gasteiger partial charge is 0.388 e. The molecule has 0 aliphatic rings. The highest BCUT2D eigenvalue weighted by molar-refractivity contribution is 5.93. The van der Waals surface area contributed by atoms with Gasteiger partial charge in [-0.1, -0.05) is 6.07 Å². The zero-order valence-corrected chi connectivity index (χ0v) is 11.6. The van der Waals surface area contributed by atoms with Crippen molar-refractivity contribution in [3.05, 3.63) is 30.5 Å². The van der Waals surface area contributed by atoms with Crippen molar-refractivity contribution in [2.45, 2.75) is 25.8 Å². The van der Waals surface area contributed by atoms with E-state index >= 15 is 0 Å². The molecule has 0 bridgehead atoms. The third-order valence-corrected chi connectivity index (χ3v) is 3.15. The van der Waals surface area contributed by atoms with Crippen LogP contribution in [0.4, 0.5) is 11.4 Å². The second-order valence-corrected chi connectivity index (χ2v) is 4.90. The molecule has 2 aromatic rings. The molecule has 1 atom stereocenters. The third-order valence-electron chi connectivity index (χ3n) is 3.15. The SMILES string of the molecule is CNc1cc(NCCCC(C)N)c2ncccc2c1. The highest BCUT2D eigenvalue weighted by Crippen LogP contribution is 2.26. The summed E-state index contributed by atoms with van der Waals surface area (Å²) in [6, 6.07) is 8.51. The second-order valence-electron chi connectivity index (χ2n) is 4.90. The lowest BCUT2D eigenvalue weighted by molar-refractivity contribution is 0.639. The first-order chi connectivity index (χ1) is 9.20. The van der Waals surface area contributed by atoms with Crippen LogP contribution in [0, 0.1) is 0 Å². The molecule has 4 nitrogen and oxygen atoms in total. The van der Waals surface area contributed by atoms with Crippen molar-refractivity contribution in [1.82, 2.24) is 4.98 Å². The minimum atomic E-state index is 0.264. The van der Waals surface area contributed by atoms with Crippen LogP contribution in [0.5, 0.6) is 0 Å². The van der Waals surface area contributed by atoms with Gasteiger partial charge in [0, 0.05) is 36.9 Å². The summed E-state index contributed by atoms with van der Waals surface area (Å²) in [6.07, 6.45) is 3.92. The van der Waals surface area contributed by atoms with Gasteiger partial charge in [-0.05, 0) is 38.0 Å². The summed E-state index contributed by atoms with van der Waals surface area (Å²) in [7, 11) is 1.93. The molecule has 1 heterocycles. The molecular weight excluding hydrogens is 236 g/mol. The Labute approximate surface area is 114 Å². The molecule has 0 saturated carbocycles. The maximum absolute atomic E-state index is 5.76. The van der Waals surface area contributed by atoms with E-state index in [9.17, 15) is 0 Å². The topological polar surface area (TPSA) is 63.0 Å². The quantitative estimate of drug-likeness (QED) is 0.697. The lowest BCUT2D eigenvalue weighted by Gasteiger charge is -2.12. The molecule has 4 heteroatoms. The first kappa shape index (κ1) is 13.6. The summed E-state index contributed by atoms with van der Waals surface area (Å²) in [6.45, 7) is 2.96. The molecule has 1 aromatic carbocycles. The Balaban J connectivity index is 2.16. The van der Waals surface area contributed by atoms with Crippen molar-refractivity contribution in [3.63, 3.8) is 0 Å². The van der Waals surface area contributed by atoms with E-state index in [2.05, 4.69) is 33.8 Å². The molecule has 0 aliphatic carbocycles. The number of nitrogens with zero attached hydrogens (tertiary/aromatic N) is 1. The Hall–Kier alpha value is -1.81. The van der Waals surface area contributed by atoms with E-state index in [1.807, 2.05) is 26.2 Å². The summed E-state index contributed by atoms with van der Waals surface area (Å²) in [4.78, 5) is 4.46. The molecule has 102 valence electrons. The minimum absolute atomic E-state index is 0.264. The second kappa shape index (κ2) is 6.38. The van der Waals surface area contributed by atoms with Gasteiger partial charge in [0.25, 0.3) is 0 Å². The number of benzene rings is 1. The molecular formula is C15H22N4. The Morgan fingerprint density at radius 3 is 2.95 bits per heavy atom. The number of nitrogens with two attached hydrogens (primary N) is 1. The first-order valence-electron chi connectivity index (χ1n) is 6.76. The van der Waals surface area contributed by atoms with Crippen LogP contribution in [-0.2, 0) is 0 Å². The van der Waals surface area contributed by atoms with Crippen LogP contribution in [0.25, 0.3) is 10.9 Å². The summed E-state index contributed by atoms with van der Waals surface area (Å²) >= 11 is 0. The van der Waals surface area contributed by atoms with E-state index in [0.29, 0.717) is 0 Å². The highest BCUT2D eigenvalue weighted by Gasteiger charge is 2.04. The van der Waals surface area contributed by atoms with E-state index in [-0.39, 0.29) is 6.04 Å². The fraction of sp³-hybridized carbons (Fsp3) is 0.400. The van der Waals surface area contributed by atoms with Crippen LogP contribution < -0.4 is 16.4 Å². The van der Waals surface area contributed by atoms with E-state index < -0.39 is 0 Å². The third kappa shape index (κ3) is 3.58. The van der Waals surface area contributed by atoms with Gasteiger partial charge in [-0.2, -0.15) is 0 Å². The van der Waals surface area contributed by atoms with E-state index in [1.54, 1.807) is 0 Å². The number of nitrogens with one attached hydrogen (secondary N) is 2. The van der Waals surface area contributed by atoms with Gasteiger partial charge in [0.2, 0.25) is 0 Å². The lowest BCUT2D eigenvalue weighted by atomic mass is 10.1. The van der Waals surface area contributed by atoms with Gasteiger partial charge in [0.15, 0.2) is 0 Å². The average Bonchev–Trinajstić information content (AvgIpc) is 2.42. The van der Waals surface area contributed by atoms with Gasteiger partial charge >= 0.3 is 0 Å². The van der Waals surface area contributed by atoms with Crippen LogP contribution >= 0.6 is 0 Å². The fourth-order valence-corrected chi connectivity index (χ4v) is 2.12. The maximum Gasteiger partial charge on any atom is 0.0934 e. The highest BCUT2D eigenvalue weighted by atomic mass is 14.9.